The van der Waals surface area contributed by atoms with Crippen molar-refractivity contribution in [3.63, 3.8) is 0 Å². The minimum Gasteiger partial charge on any atom is -0.352 e. The minimum atomic E-state index is -0.633. The van der Waals surface area contributed by atoms with Crippen LogP contribution in [0.4, 0.5) is 0 Å². The zero-order chi connectivity index (χ0) is 16.6. The molecule has 0 spiro atoms. The van der Waals surface area contributed by atoms with Gasteiger partial charge in [-0.15, -0.1) is 12.4 Å². The lowest BCUT2D eigenvalue weighted by Crippen LogP contribution is -2.56. The number of fused-ring (bicyclic) bond motifs is 2. The lowest BCUT2D eigenvalue weighted by Gasteiger charge is -2.46. The first-order valence-electron chi connectivity index (χ1n) is 8.71. The van der Waals surface area contributed by atoms with E-state index in [1.807, 2.05) is 38.1 Å². The number of nitrogens with one attached hydrogen (secondary N) is 1. The van der Waals surface area contributed by atoms with Gasteiger partial charge in [-0.3, -0.25) is 4.79 Å². The molecule has 2 saturated carbocycles. The van der Waals surface area contributed by atoms with Crippen LogP contribution in [-0.2, 0) is 10.2 Å². The third kappa shape index (κ3) is 3.74. The maximum atomic E-state index is 13.0. The van der Waals surface area contributed by atoms with Gasteiger partial charge in [-0.25, -0.2) is 0 Å². The molecule has 0 saturated heterocycles. The first-order chi connectivity index (χ1) is 10.9. The van der Waals surface area contributed by atoms with Crippen molar-refractivity contribution in [3.8, 4) is 0 Å². The smallest absolute Gasteiger partial charge is 0.230 e. The molecule has 2 aliphatic carbocycles. The predicted octanol–water partition coefficient (Wildman–Crippen LogP) is 4.06. The second-order valence-electron chi connectivity index (χ2n) is 7.79. The lowest BCUT2D eigenvalue weighted by atomic mass is 9.66. The number of benzene rings is 1. The predicted molar refractivity (Wildman–Crippen MR) is 102 cm³/mol. The molecule has 0 aliphatic heterocycles. The fourth-order valence-corrected chi connectivity index (χ4v) is 4.82. The molecule has 2 aliphatic rings. The van der Waals surface area contributed by atoms with Gasteiger partial charge in [0.25, 0.3) is 0 Å². The maximum Gasteiger partial charge on any atom is 0.230 e. The summed E-state index contributed by atoms with van der Waals surface area (Å²) in [4.78, 5) is 13.0. The fourth-order valence-electron chi connectivity index (χ4n) is 4.45. The van der Waals surface area contributed by atoms with Gasteiger partial charge in [-0.05, 0) is 63.0 Å². The number of halogens is 2. The molecule has 2 fully saturated rings. The van der Waals surface area contributed by atoms with E-state index in [-0.39, 0.29) is 24.4 Å². The summed E-state index contributed by atoms with van der Waals surface area (Å²) in [6.45, 7) is 3.90. The Hall–Kier alpha value is -0.770. The van der Waals surface area contributed by atoms with Crippen LogP contribution in [0.2, 0.25) is 5.02 Å². The molecule has 5 heteroatoms. The average Bonchev–Trinajstić information content (AvgIpc) is 2.48. The van der Waals surface area contributed by atoms with Gasteiger partial charge in [0, 0.05) is 17.1 Å². The van der Waals surface area contributed by atoms with E-state index in [4.69, 9.17) is 17.3 Å². The number of carbonyl (C=O) groups is 1. The quantitative estimate of drug-likeness (QED) is 0.842. The highest BCUT2D eigenvalue weighted by Gasteiger charge is 2.42. The van der Waals surface area contributed by atoms with Gasteiger partial charge in [0.2, 0.25) is 5.91 Å². The zero-order valence-electron chi connectivity index (χ0n) is 14.4. The SMILES string of the molecule is CC(C)(C(=O)NC1C2CCCC1CC(N)C2)c1ccccc1Cl.Cl. The van der Waals surface area contributed by atoms with E-state index in [0.717, 1.165) is 18.4 Å². The summed E-state index contributed by atoms with van der Waals surface area (Å²) in [5, 5.41) is 4.01. The van der Waals surface area contributed by atoms with Gasteiger partial charge < -0.3 is 11.1 Å². The van der Waals surface area contributed by atoms with Crippen LogP contribution < -0.4 is 11.1 Å². The first-order valence-corrected chi connectivity index (χ1v) is 9.09. The Bertz CT molecular complexity index is 576. The third-order valence-corrected chi connectivity index (χ3v) is 6.12. The minimum absolute atomic E-state index is 0. The Morgan fingerprint density at radius 1 is 1.21 bits per heavy atom. The Morgan fingerprint density at radius 2 is 1.79 bits per heavy atom. The van der Waals surface area contributed by atoms with E-state index in [1.165, 1.54) is 19.3 Å². The standard InChI is InChI=1S/C19H27ClN2O.ClH/c1-19(2,15-8-3-4-9-16(15)20)18(23)22-17-12-6-5-7-13(17)11-14(21)10-12;/h3-4,8-9,12-14,17H,5-7,10-11,21H2,1-2H3,(H,22,23);1H. The van der Waals surface area contributed by atoms with Crippen LogP contribution in [0.15, 0.2) is 24.3 Å². The molecular formula is C19H28Cl2N2O. The van der Waals surface area contributed by atoms with Gasteiger partial charge in [-0.1, -0.05) is 36.2 Å². The molecule has 2 atom stereocenters. The molecule has 0 radical (unpaired) electrons. The summed E-state index contributed by atoms with van der Waals surface area (Å²) in [6.07, 6.45) is 5.70. The van der Waals surface area contributed by atoms with E-state index in [9.17, 15) is 4.79 Å². The van der Waals surface area contributed by atoms with Crippen LogP contribution in [0, 0.1) is 11.8 Å². The Kier molecular flexibility index (Phi) is 6.22. The number of hydrogen-bond acceptors (Lipinski definition) is 2. The number of hydrogen-bond donors (Lipinski definition) is 2. The van der Waals surface area contributed by atoms with Crippen molar-refractivity contribution in [1.29, 1.82) is 0 Å². The van der Waals surface area contributed by atoms with E-state index >= 15 is 0 Å². The van der Waals surface area contributed by atoms with Crippen molar-refractivity contribution in [2.75, 3.05) is 0 Å². The second kappa shape index (κ2) is 7.63. The number of rotatable bonds is 3. The second-order valence-corrected chi connectivity index (χ2v) is 8.19. The van der Waals surface area contributed by atoms with Crippen molar-refractivity contribution in [3.05, 3.63) is 34.9 Å². The molecule has 3 N–H and O–H groups in total. The Labute approximate surface area is 156 Å². The molecule has 0 aromatic heterocycles. The summed E-state index contributed by atoms with van der Waals surface area (Å²) in [5.41, 5.74) is 6.44. The number of nitrogens with two attached hydrogens (primary N) is 1. The van der Waals surface area contributed by atoms with Crippen molar-refractivity contribution in [2.24, 2.45) is 17.6 Å². The van der Waals surface area contributed by atoms with Crippen molar-refractivity contribution < 1.29 is 4.79 Å². The van der Waals surface area contributed by atoms with Gasteiger partial charge in [-0.2, -0.15) is 0 Å². The molecule has 134 valence electrons. The van der Waals surface area contributed by atoms with Crippen molar-refractivity contribution in [1.82, 2.24) is 5.32 Å². The largest absolute Gasteiger partial charge is 0.352 e. The van der Waals surface area contributed by atoms with Crippen LogP contribution >= 0.6 is 24.0 Å². The molecule has 3 rings (SSSR count). The molecule has 2 bridgehead atoms. The molecule has 1 aromatic carbocycles. The zero-order valence-corrected chi connectivity index (χ0v) is 16.0. The molecule has 3 nitrogen and oxygen atoms in total. The fraction of sp³-hybridized carbons (Fsp3) is 0.632. The van der Waals surface area contributed by atoms with Gasteiger partial charge in [0.15, 0.2) is 0 Å². The van der Waals surface area contributed by atoms with Gasteiger partial charge >= 0.3 is 0 Å². The summed E-state index contributed by atoms with van der Waals surface area (Å²) in [7, 11) is 0. The summed E-state index contributed by atoms with van der Waals surface area (Å²) < 4.78 is 0. The van der Waals surface area contributed by atoms with Crippen LogP contribution in [0.5, 0.6) is 0 Å². The maximum absolute atomic E-state index is 13.0. The average molecular weight is 371 g/mol. The summed E-state index contributed by atoms with van der Waals surface area (Å²) in [6, 6.07) is 8.20. The molecule has 2 unspecified atom stereocenters. The highest BCUT2D eigenvalue weighted by Crippen LogP contribution is 2.40. The molecule has 24 heavy (non-hydrogen) atoms. The van der Waals surface area contributed by atoms with Gasteiger partial charge in [0.1, 0.15) is 0 Å². The molecule has 1 aromatic rings. The lowest BCUT2D eigenvalue weighted by molar-refractivity contribution is -0.128. The topological polar surface area (TPSA) is 55.1 Å². The Balaban J connectivity index is 0.00000208. The van der Waals surface area contributed by atoms with Crippen LogP contribution in [-0.4, -0.2) is 18.0 Å². The van der Waals surface area contributed by atoms with E-state index < -0.39 is 5.41 Å². The highest BCUT2D eigenvalue weighted by molar-refractivity contribution is 6.31. The molecule has 1 amide bonds. The third-order valence-electron chi connectivity index (χ3n) is 5.79. The van der Waals surface area contributed by atoms with Crippen LogP contribution in [0.25, 0.3) is 0 Å². The number of carbonyl (C=O) groups excluding carboxylic acids is 1. The monoisotopic (exact) mass is 370 g/mol. The van der Waals surface area contributed by atoms with E-state index in [1.54, 1.807) is 0 Å². The summed E-state index contributed by atoms with van der Waals surface area (Å²) >= 11 is 6.31. The van der Waals surface area contributed by atoms with Crippen molar-refractivity contribution in [2.45, 2.75) is 63.5 Å². The number of amides is 1. The van der Waals surface area contributed by atoms with Crippen LogP contribution in [0.1, 0.15) is 51.5 Å². The van der Waals surface area contributed by atoms with Crippen molar-refractivity contribution >= 4 is 29.9 Å². The first kappa shape index (κ1) is 19.6. The Morgan fingerprint density at radius 3 is 2.38 bits per heavy atom. The summed E-state index contributed by atoms with van der Waals surface area (Å²) in [5.74, 6) is 1.13. The molecular weight excluding hydrogens is 343 g/mol. The normalized spacial score (nSPS) is 29.5. The van der Waals surface area contributed by atoms with Gasteiger partial charge in [0.05, 0.1) is 5.41 Å². The molecule has 0 heterocycles. The highest BCUT2D eigenvalue weighted by atomic mass is 35.5. The van der Waals surface area contributed by atoms with E-state index in [0.29, 0.717) is 22.9 Å². The van der Waals surface area contributed by atoms with E-state index in [2.05, 4.69) is 5.32 Å². The van der Waals surface area contributed by atoms with Crippen LogP contribution in [0.3, 0.4) is 0 Å².